The van der Waals surface area contributed by atoms with Crippen molar-refractivity contribution in [1.29, 1.82) is 0 Å². The van der Waals surface area contributed by atoms with Crippen LogP contribution in [0.15, 0.2) is 0 Å². The number of carbonyl (C=O) groups is 1. The number of unbranched alkanes of at least 4 members (excludes halogenated alkanes) is 15. The molecule has 0 aromatic heterocycles. The Morgan fingerprint density at radius 3 is 1.71 bits per heavy atom. The zero-order valence-electron chi connectivity index (χ0n) is 18.8. The van der Waals surface area contributed by atoms with Crippen LogP contribution in [-0.2, 0) is 9.47 Å². The fraction of sp³-hybridized carbons (Fsp3) is 0.917. The van der Waals surface area contributed by atoms with Crippen LogP contribution in [0.4, 0.5) is 4.79 Å². The molecule has 0 N–H and O–H groups in total. The van der Waals surface area contributed by atoms with E-state index in [2.05, 4.69) is 6.92 Å². The van der Waals surface area contributed by atoms with E-state index < -0.39 is 6.16 Å². The minimum Gasteiger partial charge on any atom is -0.434 e. The normalized spacial score (nSPS) is 17.1. The van der Waals surface area contributed by atoms with E-state index >= 15 is 0 Å². The van der Waals surface area contributed by atoms with Crippen molar-refractivity contribution in [3.05, 3.63) is 6.54 Å². The predicted molar refractivity (Wildman–Crippen MR) is 117 cm³/mol. The monoisotopic (exact) mass is 396 g/mol. The van der Waals surface area contributed by atoms with Crippen molar-refractivity contribution < 1.29 is 14.3 Å². The first-order valence-corrected chi connectivity index (χ1v) is 12.1. The summed E-state index contributed by atoms with van der Waals surface area (Å²) in [4.78, 5) is 13.6. The first-order chi connectivity index (χ1) is 13.7. The SMILES string of the molecule is CCCCCCCCCCCCCCCCCCOC(=O)OC1C[CH]N(C)C1. The molecule has 1 atom stereocenters. The molecule has 0 aromatic carbocycles. The maximum atomic E-state index is 11.6. The highest BCUT2D eigenvalue weighted by atomic mass is 16.7. The Morgan fingerprint density at radius 2 is 1.29 bits per heavy atom. The maximum absolute atomic E-state index is 11.6. The zero-order chi connectivity index (χ0) is 20.3. The van der Waals surface area contributed by atoms with Gasteiger partial charge in [0.2, 0.25) is 0 Å². The number of nitrogens with zero attached hydrogens (tertiary/aromatic N) is 1. The number of rotatable bonds is 18. The second kappa shape index (κ2) is 18.3. The lowest BCUT2D eigenvalue weighted by Gasteiger charge is -2.12. The summed E-state index contributed by atoms with van der Waals surface area (Å²) in [6, 6.07) is 0. The first-order valence-electron chi connectivity index (χ1n) is 12.1. The van der Waals surface area contributed by atoms with Crippen LogP contribution in [0.3, 0.4) is 0 Å². The van der Waals surface area contributed by atoms with Gasteiger partial charge in [0.1, 0.15) is 6.10 Å². The van der Waals surface area contributed by atoms with Gasteiger partial charge in [0.15, 0.2) is 0 Å². The lowest BCUT2D eigenvalue weighted by atomic mass is 10.0. The van der Waals surface area contributed by atoms with E-state index in [0.29, 0.717) is 6.61 Å². The number of ether oxygens (including phenoxy) is 2. The summed E-state index contributed by atoms with van der Waals surface area (Å²) in [5.74, 6) is 0. The molecule has 0 saturated carbocycles. The molecule has 165 valence electrons. The van der Waals surface area contributed by atoms with Crippen molar-refractivity contribution in [2.45, 2.75) is 122 Å². The lowest BCUT2D eigenvalue weighted by molar-refractivity contribution is 0.0263. The Hall–Kier alpha value is -0.770. The Kier molecular flexibility index (Phi) is 16.5. The Bertz CT molecular complexity index is 362. The Labute approximate surface area is 174 Å². The number of likely N-dealkylation sites (N-methyl/N-ethyl adjacent to an activating group) is 1. The lowest BCUT2D eigenvalue weighted by Crippen LogP contribution is -2.22. The largest absolute Gasteiger partial charge is 0.508 e. The molecule has 4 nitrogen and oxygen atoms in total. The topological polar surface area (TPSA) is 38.8 Å². The van der Waals surface area contributed by atoms with Gasteiger partial charge in [-0.2, -0.15) is 0 Å². The fourth-order valence-corrected chi connectivity index (χ4v) is 3.83. The molecule has 1 saturated heterocycles. The van der Waals surface area contributed by atoms with Gasteiger partial charge in [0, 0.05) is 19.5 Å². The van der Waals surface area contributed by atoms with Gasteiger partial charge in [0.05, 0.1) is 6.61 Å². The van der Waals surface area contributed by atoms with Crippen LogP contribution < -0.4 is 0 Å². The molecule has 0 aliphatic carbocycles. The summed E-state index contributed by atoms with van der Waals surface area (Å²) in [6.07, 6.45) is 21.8. The van der Waals surface area contributed by atoms with Gasteiger partial charge in [-0.15, -0.1) is 0 Å². The van der Waals surface area contributed by atoms with Crippen molar-refractivity contribution in [2.24, 2.45) is 0 Å². The van der Waals surface area contributed by atoms with E-state index in [4.69, 9.17) is 9.47 Å². The number of carbonyl (C=O) groups excluding carboxylic acids is 1. The Morgan fingerprint density at radius 1 is 0.821 bits per heavy atom. The predicted octanol–water partition coefficient (Wildman–Crippen LogP) is 7.27. The summed E-state index contributed by atoms with van der Waals surface area (Å²) >= 11 is 0. The average molecular weight is 397 g/mol. The molecule has 1 aliphatic heterocycles. The van der Waals surface area contributed by atoms with Crippen LogP contribution in [0.25, 0.3) is 0 Å². The van der Waals surface area contributed by atoms with E-state index in [9.17, 15) is 4.79 Å². The molecular formula is C24H46NO3. The Balaban J connectivity index is 1.71. The third kappa shape index (κ3) is 15.2. The number of hydrogen-bond acceptors (Lipinski definition) is 4. The second-order valence-corrected chi connectivity index (χ2v) is 8.50. The highest BCUT2D eigenvalue weighted by Crippen LogP contribution is 2.15. The first kappa shape index (κ1) is 25.3. The van der Waals surface area contributed by atoms with E-state index in [1.807, 2.05) is 18.5 Å². The van der Waals surface area contributed by atoms with Gasteiger partial charge < -0.3 is 9.47 Å². The summed E-state index contributed by atoms with van der Waals surface area (Å²) in [6.45, 7) is 5.59. The van der Waals surface area contributed by atoms with Gasteiger partial charge in [-0.3, -0.25) is 4.90 Å². The molecule has 1 fully saturated rings. The molecule has 4 heteroatoms. The smallest absolute Gasteiger partial charge is 0.434 e. The highest BCUT2D eigenvalue weighted by molar-refractivity contribution is 5.60. The van der Waals surface area contributed by atoms with Crippen LogP contribution >= 0.6 is 0 Å². The number of likely N-dealkylation sites (tertiary alicyclic amines) is 1. The highest BCUT2D eigenvalue weighted by Gasteiger charge is 2.23. The van der Waals surface area contributed by atoms with Crippen LogP contribution in [0, 0.1) is 6.54 Å². The molecule has 1 unspecified atom stereocenters. The number of hydrogen-bond donors (Lipinski definition) is 0. The van der Waals surface area contributed by atoms with E-state index in [1.165, 1.54) is 89.9 Å². The second-order valence-electron chi connectivity index (χ2n) is 8.50. The van der Waals surface area contributed by atoms with E-state index in [1.54, 1.807) is 0 Å². The summed E-state index contributed by atoms with van der Waals surface area (Å²) in [5, 5.41) is 0. The van der Waals surface area contributed by atoms with Crippen LogP contribution in [0.2, 0.25) is 0 Å². The van der Waals surface area contributed by atoms with E-state index in [0.717, 1.165) is 25.8 Å². The standard InChI is InChI=1S/C24H46NO3/c1-3-4-5-6-7-8-9-10-11-12-13-14-15-16-17-18-21-27-24(26)28-23-19-20-25(2)22-23/h20,23H,3-19,21-22H2,1-2H3. The molecule has 1 heterocycles. The molecule has 0 aromatic rings. The van der Waals surface area contributed by atoms with Crippen molar-refractivity contribution >= 4 is 6.16 Å². The summed E-state index contributed by atoms with van der Waals surface area (Å²) in [7, 11) is 1.99. The summed E-state index contributed by atoms with van der Waals surface area (Å²) < 4.78 is 10.4. The third-order valence-corrected chi connectivity index (χ3v) is 5.65. The van der Waals surface area contributed by atoms with Crippen molar-refractivity contribution in [2.75, 3.05) is 20.2 Å². The maximum Gasteiger partial charge on any atom is 0.508 e. The van der Waals surface area contributed by atoms with Gasteiger partial charge >= 0.3 is 6.16 Å². The molecule has 1 rings (SSSR count). The van der Waals surface area contributed by atoms with Crippen LogP contribution in [0.1, 0.15) is 116 Å². The van der Waals surface area contributed by atoms with Crippen molar-refractivity contribution in [3.8, 4) is 0 Å². The van der Waals surface area contributed by atoms with E-state index in [-0.39, 0.29) is 6.10 Å². The molecule has 1 radical (unpaired) electrons. The molecular weight excluding hydrogens is 350 g/mol. The minimum absolute atomic E-state index is 0.0386. The molecule has 1 aliphatic rings. The minimum atomic E-state index is -0.505. The van der Waals surface area contributed by atoms with Gasteiger partial charge in [-0.05, 0) is 13.5 Å². The van der Waals surface area contributed by atoms with Gasteiger partial charge in [-0.1, -0.05) is 103 Å². The van der Waals surface area contributed by atoms with Gasteiger partial charge in [0.25, 0.3) is 0 Å². The quantitative estimate of drug-likeness (QED) is 0.180. The molecule has 0 amide bonds. The summed E-state index contributed by atoms with van der Waals surface area (Å²) in [5.41, 5.74) is 0. The zero-order valence-corrected chi connectivity index (χ0v) is 18.8. The van der Waals surface area contributed by atoms with Crippen molar-refractivity contribution in [1.82, 2.24) is 4.90 Å². The molecule has 0 bridgehead atoms. The molecule has 28 heavy (non-hydrogen) atoms. The van der Waals surface area contributed by atoms with Crippen LogP contribution in [-0.4, -0.2) is 37.4 Å². The average Bonchev–Trinajstić information content (AvgIpc) is 3.08. The van der Waals surface area contributed by atoms with Crippen LogP contribution in [0.5, 0.6) is 0 Å². The molecule has 0 spiro atoms. The third-order valence-electron chi connectivity index (χ3n) is 5.65. The van der Waals surface area contributed by atoms with Crippen molar-refractivity contribution in [3.63, 3.8) is 0 Å². The van der Waals surface area contributed by atoms with Gasteiger partial charge in [-0.25, -0.2) is 4.79 Å². The fourth-order valence-electron chi connectivity index (χ4n) is 3.83.